The molecule has 1 heterocycles. The summed E-state index contributed by atoms with van der Waals surface area (Å²) in [5.41, 5.74) is -0.564. The van der Waals surface area contributed by atoms with Crippen LogP contribution in [0.15, 0.2) is 23.1 Å². The number of esters is 1. The molecule has 2 amide bonds. The molecular weight excluding hydrogens is 398 g/mol. The number of imide groups is 1. The molecule has 0 aliphatic carbocycles. The molecule has 0 saturated carbocycles. The Kier molecular flexibility index (Phi) is 6.51. The molecule has 2 rings (SSSR count). The summed E-state index contributed by atoms with van der Waals surface area (Å²) >= 11 is 0. The quantitative estimate of drug-likeness (QED) is 0.470. The summed E-state index contributed by atoms with van der Waals surface area (Å²) in [6.07, 6.45) is 0. The summed E-state index contributed by atoms with van der Waals surface area (Å²) < 4.78 is 32.7. The first kappa shape index (κ1) is 23.0. The average Bonchev–Trinajstić information content (AvgIpc) is 2.81. The first-order chi connectivity index (χ1) is 13.2. The Hall–Kier alpha value is -2.30. The van der Waals surface area contributed by atoms with E-state index in [0.29, 0.717) is 6.54 Å². The zero-order chi connectivity index (χ0) is 22.1. The summed E-state index contributed by atoms with van der Waals surface area (Å²) in [7, 11) is 0.805. The number of hydrogen-bond acceptors (Lipinski definition) is 7. The summed E-state index contributed by atoms with van der Waals surface area (Å²) in [5.74, 6) is -1.71. The van der Waals surface area contributed by atoms with Gasteiger partial charge in [0.05, 0.1) is 16.0 Å². The van der Waals surface area contributed by atoms with E-state index < -0.39 is 40.0 Å². The second-order valence-electron chi connectivity index (χ2n) is 8.11. The molecule has 0 fully saturated rings. The van der Waals surface area contributed by atoms with Crippen LogP contribution in [0.5, 0.6) is 0 Å². The lowest BCUT2D eigenvalue weighted by molar-refractivity contribution is -0.155. The summed E-state index contributed by atoms with van der Waals surface area (Å²) in [6.45, 7) is 5.07. The van der Waals surface area contributed by atoms with Crippen molar-refractivity contribution in [1.82, 2.24) is 14.1 Å². The van der Waals surface area contributed by atoms with Gasteiger partial charge in [0, 0.05) is 20.1 Å². The van der Waals surface area contributed by atoms with Crippen LogP contribution in [0, 0.1) is 0 Å². The maximum absolute atomic E-state index is 13.2. The summed E-state index contributed by atoms with van der Waals surface area (Å²) in [4.78, 5) is 39.1. The van der Waals surface area contributed by atoms with Gasteiger partial charge >= 0.3 is 5.97 Å². The zero-order valence-corrected chi connectivity index (χ0v) is 18.4. The van der Waals surface area contributed by atoms with Crippen LogP contribution < -0.4 is 0 Å². The average molecular weight is 426 g/mol. The van der Waals surface area contributed by atoms with E-state index in [0.717, 1.165) is 9.21 Å². The van der Waals surface area contributed by atoms with Crippen LogP contribution in [-0.2, 0) is 19.6 Å². The molecule has 160 valence electrons. The number of benzene rings is 1. The van der Waals surface area contributed by atoms with E-state index >= 15 is 0 Å². The van der Waals surface area contributed by atoms with Gasteiger partial charge in [-0.3, -0.25) is 19.3 Å². The van der Waals surface area contributed by atoms with Crippen molar-refractivity contribution in [3.8, 4) is 0 Å². The van der Waals surface area contributed by atoms with Gasteiger partial charge in [-0.2, -0.15) is 4.31 Å². The Morgan fingerprint density at radius 3 is 2.21 bits per heavy atom. The minimum Gasteiger partial charge on any atom is -0.459 e. The fraction of sp³-hybridized carbons (Fsp3) is 0.526. The Labute approximate surface area is 171 Å². The third-order valence-corrected chi connectivity index (χ3v) is 6.06. The highest BCUT2D eigenvalue weighted by Crippen LogP contribution is 2.26. The number of fused-ring (bicyclic) bond motifs is 1. The first-order valence-electron chi connectivity index (χ1n) is 9.07. The zero-order valence-electron chi connectivity index (χ0n) is 17.6. The van der Waals surface area contributed by atoms with Gasteiger partial charge in [-0.15, -0.1) is 0 Å². The number of nitrogens with zero attached hydrogens (tertiary/aromatic N) is 3. The van der Waals surface area contributed by atoms with Gasteiger partial charge in [0.1, 0.15) is 12.1 Å². The molecule has 1 aromatic rings. The SMILES string of the molecule is CN(C)CCN(CC(=O)OC(C)(C)C)S(=O)(=O)c1ccc2c(c1)C(=O)N(C)C2=O. The number of carbonyl (C=O) groups is 3. The van der Waals surface area contributed by atoms with Gasteiger partial charge in [0.2, 0.25) is 10.0 Å². The Morgan fingerprint density at radius 1 is 1.07 bits per heavy atom. The van der Waals surface area contributed by atoms with Gasteiger partial charge in [-0.05, 0) is 53.1 Å². The van der Waals surface area contributed by atoms with E-state index in [2.05, 4.69) is 0 Å². The third kappa shape index (κ3) is 5.20. The van der Waals surface area contributed by atoms with Crippen LogP contribution in [0.25, 0.3) is 0 Å². The Balaban J connectivity index is 2.38. The molecule has 0 atom stereocenters. The molecule has 0 radical (unpaired) electrons. The van der Waals surface area contributed by atoms with E-state index in [4.69, 9.17) is 4.74 Å². The number of carbonyl (C=O) groups excluding carboxylic acids is 3. The fourth-order valence-electron chi connectivity index (χ4n) is 2.76. The third-order valence-electron chi connectivity index (χ3n) is 4.22. The summed E-state index contributed by atoms with van der Waals surface area (Å²) in [6, 6.07) is 3.78. The van der Waals surface area contributed by atoms with Crippen molar-refractivity contribution < 1.29 is 27.5 Å². The van der Waals surface area contributed by atoms with E-state index in [-0.39, 0.29) is 22.6 Å². The largest absolute Gasteiger partial charge is 0.459 e. The molecule has 1 aliphatic rings. The van der Waals surface area contributed by atoms with E-state index in [1.165, 1.54) is 25.2 Å². The number of ether oxygens (including phenoxy) is 1. The van der Waals surface area contributed by atoms with Gasteiger partial charge in [-0.25, -0.2) is 8.42 Å². The van der Waals surface area contributed by atoms with Crippen molar-refractivity contribution >= 4 is 27.8 Å². The second kappa shape index (κ2) is 8.21. The van der Waals surface area contributed by atoms with Gasteiger partial charge in [0.25, 0.3) is 11.8 Å². The van der Waals surface area contributed by atoms with Crippen LogP contribution in [0.4, 0.5) is 0 Å². The van der Waals surface area contributed by atoms with Crippen molar-refractivity contribution in [2.75, 3.05) is 40.8 Å². The van der Waals surface area contributed by atoms with Crippen LogP contribution in [0.3, 0.4) is 0 Å². The maximum Gasteiger partial charge on any atom is 0.321 e. The van der Waals surface area contributed by atoms with Crippen molar-refractivity contribution in [3.05, 3.63) is 29.3 Å². The number of amides is 2. The Bertz CT molecular complexity index is 934. The predicted molar refractivity (Wildman–Crippen MR) is 106 cm³/mol. The van der Waals surface area contributed by atoms with E-state index in [9.17, 15) is 22.8 Å². The first-order valence-corrected chi connectivity index (χ1v) is 10.5. The van der Waals surface area contributed by atoms with Crippen LogP contribution in [0.2, 0.25) is 0 Å². The van der Waals surface area contributed by atoms with Crippen molar-refractivity contribution in [2.24, 2.45) is 0 Å². The lowest BCUT2D eigenvalue weighted by Gasteiger charge is -2.26. The Morgan fingerprint density at radius 2 is 1.66 bits per heavy atom. The predicted octanol–water partition coefficient (Wildman–Crippen LogP) is 0.806. The molecule has 0 spiro atoms. The molecule has 0 N–H and O–H groups in total. The van der Waals surface area contributed by atoms with Gasteiger partial charge in [0.15, 0.2) is 0 Å². The van der Waals surface area contributed by atoms with Crippen molar-refractivity contribution in [2.45, 2.75) is 31.3 Å². The van der Waals surface area contributed by atoms with Crippen LogP contribution >= 0.6 is 0 Å². The smallest absolute Gasteiger partial charge is 0.321 e. The van der Waals surface area contributed by atoms with E-state index in [1.807, 2.05) is 0 Å². The minimum absolute atomic E-state index is 0.0309. The molecule has 0 saturated heterocycles. The van der Waals surface area contributed by atoms with Crippen molar-refractivity contribution in [3.63, 3.8) is 0 Å². The number of hydrogen-bond donors (Lipinski definition) is 0. The highest BCUT2D eigenvalue weighted by molar-refractivity contribution is 7.89. The highest BCUT2D eigenvalue weighted by Gasteiger charge is 2.35. The summed E-state index contributed by atoms with van der Waals surface area (Å²) in [5, 5.41) is 0. The molecule has 10 heteroatoms. The topological polar surface area (TPSA) is 104 Å². The van der Waals surface area contributed by atoms with Crippen molar-refractivity contribution in [1.29, 1.82) is 0 Å². The molecule has 0 aromatic heterocycles. The molecule has 0 bridgehead atoms. The molecule has 9 nitrogen and oxygen atoms in total. The fourth-order valence-corrected chi connectivity index (χ4v) is 4.17. The number of rotatable bonds is 7. The maximum atomic E-state index is 13.2. The monoisotopic (exact) mass is 425 g/mol. The lowest BCUT2D eigenvalue weighted by Crippen LogP contribution is -2.42. The lowest BCUT2D eigenvalue weighted by atomic mass is 10.1. The molecule has 29 heavy (non-hydrogen) atoms. The highest BCUT2D eigenvalue weighted by atomic mass is 32.2. The second-order valence-corrected chi connectivity index (χ2v) is 10.0. The van der Waals surface area contributed by atoms with Gasteiger partial charge in [-0.1, -0.05) is 0 Å². The number of likely N-dealkylation sites (N-methyl/N-ethyl adjacent to an activating group) is 1. The van der Waals surface area contributed by atoms with E-state index in [1.54, 1.807) is 39.8 Å². The molecular formula is C19H27N3O6S. The van der Waals surface area contributed by atoms with Crippen LogP contribution in [-0.4, -0.2) is 86.7 Å². The van der Waals surface area contributed by atoms with Crippen LogP contribution in [0.1, 0.15) is 41.5 Å². The van der Waals surface area contributed by atoms with Gasteiger partial charge < -0.3 is 9.64 Å². The minimum atomic E-state index is -4.10. The molecule has 0 unspecified atom stereocenters. The standard InChI is InChI=1S/C19H27N3O6S/c1-19(2,3)28-16(23)12-22(10-9-20(4)5)29(26,27)13-7-8-14-15(11-13)18(25)21(6)17(14)24/h7-8,11H,9-10,12H2,1-6H3. The number of sulfonamides is 1. The molecule has 1 aromatic carbocycles. The normalized spacial score (nSPS) is 14.7. The molecule has 1 aliphatic heterocycles.